The van der Waals surface area contributed by atoms with Gasteiger partial charge in [-0.05, 0) is 12.1 Å². The lowest BCUT2D eigenvalue weighted by Crippen LogP contribution is -2.17. The second kappa shape index (κ2) is 5.27. The van der Waals surface area contributed by atoms with E-state index >= 15 is 0 Å². The van der Waals surface area contributed by atoms with Gasteiger partial charge < -0.3 is 10.5 Å². The highest BCUT2D eigenvalue weighted by Gasteiger charge is 2.31. The minimum absolute atomic E-state index is 0.0677. The maximum absolute atomic E-state index is 11.9. The molecule has 1 aromatic carbocycles. The molecule has 0 spiro atoms. The molecule has 3 nitrogen and oxygen atoms in total. The van der Waals surface area contributed by atoms with Crippen LogP contribution in [0.25, 0.3) is 0 Å². The number of anilines is 1. The molecule has 0 aliphatic rings. The smallest absolute Gasteiger partial charge is 0.406 e. The van der Waals surface area contributed by atoms with Crippen LogP contribution in [0.2, 0.25) is 0 Å². The van der Waals surface area contributed by atoms with Crippen LogP contribution < -0.4 is 10.5 Å². The molecule has 0 amide bonds. The van der Waals surface area contributed by atoms with E-state index in [9.17, 15) is 18.0 Å². The van der Waals surface area contributed by atoms with Crippen molar-refractivity contribution >= 4 is 23.1 Å². The molecular formula is C10H9ClF3NO2. The van der Waals surface area contributed by atoms with Crippen LogP contribution in [-0.2, 0) is 0 Å². The summed E-state index contributed by atoms with van der Waals surface area (Å²) in [5, 5.41) is 0. The number of alkyl halides is 4. The van der Waals surface area contributed by atoms with Crippen LogP contribution in [0.15, 0.2) is 18.2 Å². The van der Waals surface area contributed by atoms with Gasteiger partial charge in [-0.1, -0.05) is 0 Å². The molecule has 17 heavy (non-hydrogen) atoms. The summed E-state index contributed by atoms with van der Waals surface area (Å²) in [6.45, 7) is 0. The Hall–Kier alpha value is -1.43. The maximum atomic E-state index is 11.9. The molecule has 0 aromatic heterocycles. The molecule has 0 unspecified atom stereocenters. The zero-order chi connectivity index (χ0) is 13.1. The highest BCUT2D eigenvalue weighted by molar-refractivity contribution is 6.19. The number of nitrogens with two attached hydrogens (primary N) is 1. The predicted octanol–water partition coefficient (Wildman–Crippen LogP) is 2.98. The summed E-state index contributed by atoms with van der Waals surface area (Å²) in [4.78, 5) is 11.4. The highest BCUT2D eigenvalue weighted by atomic mass is 35.5. The van der Waals surface area contributed by atoms with Crippen molar-refractivity contribution in [1.82, 2.24) is 0 Å². The maximum Gasteiger partial charge on any atom is 0.573 e. The van der Waals surface area contributed by atoms with Gasteiger partial charge in [-0.15, -0.1) is 24.8 Å². The standard InChI is InChI=1S/C10H9ClF3NO2/c11-4-3-9(16)7-2-1-6(5-8(7)15)17-10(12,13)14/h1-2,5H,3-4,15H2. The SMILES string of the molecule is Nc1cc(OC(F)(F)F)ccc1C(=O)CCCl. The molecule has 1 rings (SSSR count). The number of halogens is 4. The third-order valence-corrected chi connectivity index (χ3v) is 2.07. The van der Waals surface area contributed by atoms with Gasteiger partial charge in [0.1, 0.15) is 5.75 Å². The Morgan fingerprint density at radius 2 is 2.06 bits per heavy atom. The zero-order valence-electron chi connectivity index (χ0n) is 8.55. The largest absolute Gasteiger partial charge is 0.573 e. The van der Waals surface area contributed by atoms with Gasteiger partial charge in [-0.3, -0.25) is 4.79 Å². The van der Waals surface area contributed by atoms with Crippen molar-refractivity contribution in [3.05, 3.63) is 23.8 Å². The van der Waals surface area contributed by atoms with Crippen LogP contribution >= 0.6 is 11.6 Å². The fourth-order valence-electron chi connectivity index (χ4n) is 1.21. The molecule has 1 aromatic rings. The summed E-state index contributed by atoms with van der Waals surface area (Å²) in [6, 6.07) is 3.17. The fraction of sp³-hybridized carbons (Fsp3) is 0.300. The number of ketones is 1. The van der Waals surface area contributed by atoms with E-state index in [1.54, 1.807) is 0 Å². The predicted molar refractivity (Wildman–Crippen MR) is 57.2 cm³/mol. The lowest BCUT2D eigenvalue weighted by atomic mass is 10.1. The number of carbonyl (C=O) groups is 1. The lowest BCUT2D eigenvalue weighted by molar-refractivity contribution is -0.274. The first-order valence-corrected chi connectivity index (χ1v) is 5.11. The van der Waals surface area contributed by atoms with Crippen LogP contribution in [0, 0.1) is 0 Å². The van der Waals surface area contributed by atoms with Crippen molar-refractivity contribution in [2.45, 2.75) is 12.8 Å². The topological polar surface area (TPSA) is 52.3 Å². The van der Waals surface area contributed by atoms with E-state index in [-0.39, 0.29) is 29.3 Å². The Labute approximate surface area is 100 Å². The molecule has 0 saturated carbocycles. The summed E-state index contributed by atoms with van der Waals surface area (Å²) in [5.41, 5.74) is 5.53. The highest BCUT2D eigenvalue weighted by Crippen LogP contribution is 2.26. The number of Topliss-reactive ketones (excluding diaryl/α,β-unsaturated/α-hetero) is 1. The number of rotatable bonds is 4. The van der Waals surface area contributed by atoms with Gasteiger partial charge in [0.15, 0.2) is 5.78 Å². The van der Waals surface area contributed by atoms with Crippen molar-refractivity contribution in [3.8, 4) is 5.75 Å². The molecule has 2 N–H and O–H groups in total. The molecule has 0 bridgehead atoms. The first-order valence-electron chi connectivity index (χ1n) is 4.58. The third-order valence-electron chi connectivity index (χ3n) is 1.88. The quantitative estimate of drug-likeness (QED) is 0.518. The monoisotopic (exact) mass is 267 g/mol. The van der Waals surface area contributed by atoms with Crippen LogP contribution in [0.1, 0.15) is 16.8 Å². The Kier molecular flexibility index (Phi) is 4.22. The van der Waals surface area contributed by atoms with E-state index in [1.807, 2.05) is 0 Å². The Balaban J connectivity index is 2.90. The number of nitrogen functional groups attached to an aromatic ring is 1. The first-order chi connectivity index (χ1) is 7.83. The molecule has 0 aliphatic heterocycles. The van der Waals surface area contributed by atoms with E-state index in [0.717, 1.165) is 12.1 Å². The molecule has 0 heterocycles. The number of hydrogen-bond acceptors (Lipinski definition) is 3. The van der Waals surface area contributed by atoms with Gasteiger partial charge in [0.2, 0.25) is 0 Å². The summed E-state index contributed by atoms with van der Waals surface area (Å²) in [5.74, 6) is -0.660. The van der Waals surface area contributed by atoms with Gasteiger partial charge in [-0.2, -0.15) is 0 Å². The first kappa shape index (κ1) is 13.6. The third kappa shape index (κ3) is 4.14. The molecule has 0 fully saturated rings. The molecule has 0 saturated heterocycles. The summed E-state index contributed by atoms with van der Waals surface area (Å²) in [6.07, 6.45) is -4.71. The van der Waals surface area contributed by atoms with Gasteiger partial charge in [-0.25, -0.2) is 0 Å². The Bertz CT molecular complexity index is 421. The van der Waals surface area contributed by atoms with Crippen molar-refractivity contribution in [3.63, 3.8) is 0 Å². The fourth-order valence-corrected chi connectivity index (χ4v) is 1.38. The van der Waals surface area contributed by atoms with E-state index in [4.69, 9.17) is 17.3 Å². The van der Waals surface area contributed by atoms with E-state index < -0.39 is 12.1 Å². The number of hydrogen-bond donors (Lipinski definition) is 1. The second-order valence-electron chi connectivity index (χ2n) is 3.16. The average Bonchev–Trinajstić information content (AvgIpc) is 2.15. The minimum atomic E-state index is -4.78. The van der Waals surface area contributed by atoms with Gasteiger partial charge in [0, 0.05) is 29.6 Å². The summed E-state index contributed by atoms with van der Waals surface area (Å²) >= 11 is 5.38. The van der Waals surface area contributed by atoms with Crippen molar-refractivity contribution in [1.29, 1.82) is 0 Å². The molecule has 7 heteroatoms. The van der Waals surface area contributed by atoms with E-state index in [0.29, 0.717) is 0 Å². The van der Waals surface area contributed by atoms with Crippen molar-refractivity contribution in [2.24, 2.45) is 0 Å². The van der Waals surface area contributed by atoms with Crippen molar-refractivity contribution < 1.29 is 22.7 Å². The summed E-state index contributed by atoms with van der Waals surface area (Å²) in [7, 11) is 0. The molecule has 0 atom stereocenters. The minimum Gasteiger partial charge on any atom is -0.406 e. The Morgan fingerprint density at radius 3 is 2.53 bits per heavy atom. The molecule has 94 valence electrons. The zero-order valence-corrected chi connectivity index (χ0v) is 9.31. The molecule has 0 radical (unpaired) electrons. The van der Waals surface area contributed by atoms with E-state index in [2.05, 4.69) is 4.74 Å². The van der Waals surface area contributed by atoms with Crippen LogP contribution in [-0.4, -0.2) is 18.0 Å². The van der Waals surface area contributed by atoms with Crippen LogP contribution in [0.5, 0.6) is 5.75 Å². The van der Waals surface area contributed by atoms with Gasteiger partial charge in [0.05, 0.1) is 0 Å². The number of benzene rings is 1. The molecular weight excluding hydrogens is 259 g/mol. The van der Waals surface area contributed by atoms with Crippen molar-refractivity contribution in [2.75, 3.05) is 11.6 Å². The van der Waals surface area contributed by atoms with E-state index in [1.165, 1.54) is 6.07 Å². The van der Waals surface area contributed by atoms with Crippen LogP contribution in [0.3, 0.4) is 0 Å². The summed E-state index contributed by atoms with van der Waals surface area (Å²) < 4.78 is 39.4. The average molecular weight is 268 g/mol. The van der Waals surface area contributed by atoms with Crippen LogP contribution in [0.4, 0.5) is 18.9 Å². The number of carbonyl (C=O) groups excluding carboxylic acids is 1. The van der Waals surface area contributed by atoms with Gasteiger partial charge in [0.25, 0.3) is 0 Å². The number of ether oxygens (including phenoxy) is 1. The normalized spacial score (nSPS) is 11.3. The van der Waals surface area contributed by atoms with Gasteiger partial charge >= 0.3 is 6.36 Å². The Morgan fingerprint density at radius 1 is 1.41 bits per heavy atom. The molecule has 0 aliphatic carbocycles. The second-order valence-corrected chi connectivity index (χ2v) is 3.54. The lowest BCUT2D eigenvalue weighted by Gasteiger charge is -2.10.